The lowest BCUT2D eigenvalue weighted by Crippen LogP contribution is -2.54. The molecule has 2 fully saturated rings. The van der Waals surface area contributed by atoms with Crippen LogP contribution in [0.5, 0.6) is 0 Å². The Bertz CT molecular complexity index is 850. The number of hydrogen-bond donors (Lipinski definition) is 2. The van der Waals surface area contributed by atoms with Crippen LogP contribution < -0.4 is 0 Å². The van der Waals surface area contributed by atoms with Gasteiger partial charge in [-0.2, -0.15) is 0 Å². The molecule has 0 spiro atoms. The topological polar surface area (TPSA) is 62.6 Å². The maximum absolute atomic E-state index is 11.2. The van der Waals surface area contributed by atoms with Crippen LogP contribution in [-0.4, -0.2) is 33.2 Å². The van der Waals surface area contributed by atoms with E-state index in [9.17, 15) is 10.2 Å². The normalized spacial score (nSPS) is 37.0. The first-order valence-electron chi connectivity index (χ1n) is 10.7. The van der Waals surface area contributed by atoms with Gasteiger partial charge in [-0.3, -0.25) is 4.98 Å². The second kappa shape index (κ2) is 8.02. The molecule has 1 aliphatic heterocycles. The first-order chi connectivity index (χ1) is 13.9. The van der Waals surface area contributed by atoms with Crippen molar-refractivity contribution in [3.05, 3.63) is 60.4 Å². The highest BCUT2D eigenvalue weighted by molar-refractivity contribution is 5.63. The van der Waals surface area contributed by atoms with Gasteiger partial charge in [-0.25, -0.2) is 0 Å². The molecule has 2 aliphatic rings. The van der Waals surface area contributed by atoms with Gasteiger partial charge in [0.2, 0.25) is 0 Å². The molecule has 1 saturated carbocycles. The van der Waals surface area contributed by atoms with Crippen molar-refractivity contribution in [1.82, 2.24) is 4.98 Å². The molecule has 29 heavy (non-hydrogen) atoms. The fourth-order valence-corrected chi connectivity index (χ4v) is 5.62. The summed E-state index contributed by atoms with van der Waals surface area (Å²) in [5.74, 6) is 0.777. The van der Waals surface area contributed by atoms with Crippen LogP contribution in [0.4, 0.5) is 0 Å². The number of rotatable bonds is 4. The summed E-state index contributed by atoms with van der Waals surface area (Å²) in [6.45, 7) is 6.34. The van der Waals surface area contributed by atoms with Crippen LogP contribution in [0.1, 0.15) is 39.3 Å². The van der Waals surface area contributed by atoms with Gasteiger partial charge in [0.1, 0.15) is 5.60 Å². The SMILES string of the molecule is CC[C@H]1[C@H](/C=C/c2ccc(-c3ccccc3)cn2)[C@@H]2[C@@H](C)OC(O)[C@]2(O)C[C@@H]1C. The fraction of sp³-hybridized carbons (Fsp3) is 0.480. The van der Waals surface area contributed by atoms with Crippen molar-refractivity contribution in [3.63, 3.8) is 0 Å². The summed E-state index contributed by atoms with van der Waals surface area (Å²) in [5.41, 5.74) is 1.97. The highest BCUT2D eigenvalue weighted by atomic mass is 16.6. The molecule has 0 amide bonds. The number of pyridine rings is 1. The lowest BCUT2D eigenvalue weighted by Gasteiger charge is -2.48. The van der Waals surface area contributed by atoms with E-state index in [1.54, 1.807) is 0 Å². The molecular weight excluding hydrogens is 362 g/mol. The van der Waals surface area contributed by atoms with E-state index < -0.39 is 11.9 Å². The summed E-state index contributed by atoms with van der Waals surface area (Å²) in [5, 5.41) is 21.6. The van der Waals surface area contributed by atoms with E-state index in [-0.39, 0.29) is 17.9 Å². The molecule has 1 saturated heterocycles. The van der Waals surface area contributed by atoms with E-state index in [0.717, 1.165) is 23.2 Å². The van der Waals surface area contributed by atoms with Gasteiger partial charge < -0.3 is 14.9 Å². The molecule has 2 N–H and O–H groups in total. The third kappa shape index (κ3) is 3.65. The fourth-order valence-electron chi connectivity index (χ4n) is 5.62. The Hall–Kier alpha value is -2.01. The largest absolute Gasteiger partial charge is 0.384 e. The lowest BCUT2D eigenvalue weighted by molar-refractivity contribution is -0.189. The van der Waals surface area contributed by atoms with Crippen molar-refractivity contribution in [1.29, 1.82) is 0 Å². The number of ether oxygens (including phenoxy) is 1. The van der Waals surface area contributed by atoms with Gasteiger partial charge in [-0.05, 0) is 48.8 Å². The van der Waals surface area contributed by atoms with Gasteiger partial charge >= 0.3 is 0 Å². The second-order valence-corrected chi connectivity index (χ2v) is 8.74. The number of aromatic nitrogens is 1. The van der Waals surface area contributed by atoms with Crippen LogP contribution in [-0.2, 0) is 4.74 Å². The first-order valence-corrected chi connectivity index (χ1v) is 10.7. The summed E-state index contributed by atoms with van der Waals surface area (Å²) in [4.78, 5) is 4.62. The van der Waals surface area contributed by atoms with Crippen LogP contribution in [0.25, 0.3) is 17.2 Å². The van der Waals surface area contributed by atoms with Crippen molar-refractivity contribution in [3.8, 4) is 11.1 Å². The number of aliphatic hydroxyl groups excluding tert-OH is 1. The van der Waals surface area contributed by atoms with E-state index in [1.807, 2.05) is 37.4 Å². The van der Waals surface area contributed by atoms with Gasteiger partial charge in [-0.15, -0.1) is 0 Å². The molecule has 0 bridgehead atoms. The minimum atomic E-state index is -1.18. The Morgan fingerprint density at radius 1 is 1.14 bits per heavy atom. The third-order valence-corrected chi connectivity index (χ3v) is 7.00. The van der Waals surface area contributed by atoms with Crippen molar-refractivity contribution in [2.24, 2.45) is 23.7 Å². The zero-order valence-electron chi connectivity index (χ0n) is 17.4. The van der Waals surface area contributed by atoms with Crippen molar-refractivity contribution >= 4 is 6.08 Å². The summed E-state index contributed by atoms with van der Waals surface area (Å²) < 4.78 is 5.66. The standard InChI is InChI=1S/C25H31NO3/c1-4-21-16(2)14-25(28)23(17(3)29-24(25)27)22(21)13-12-20-11-10-19(15-26-20)18-8-6-5-7-9-18/h5-13,15-17,21-24,27-28H,4,14H2,1-3H3/b13-12+/t16-,17+,21+,22-,23-,24?,25-/m0/s1. The molecule has 7 atom stereocenters. The molecule has 4 heteroatoms. The van der Waals surface area contributed by atoms with Crippen LogP contribution in [0.15, 0.2) is 54.7 Å². The second-order valence-electron chi connectivity index (χ2n) is 8.74. The van der Waals surface area contributed by atoms with E-state index in [1.165, 1.54) is 0 Å². The predicted octanol–water partition coefficient (Wildman–Crippen LogP) is 4.53. The molecule has 1 aliphatic carbocycles. The molecule has 2 aromatic rings. The van der Waals surface area contributed by atoms with Crippen LogP contribution >= 0.6 is 0 Å². The van der Waals surface area contributed by atoms with Crippen molar-refractivity contribution < 1.29 is 14.9 Å². The van der Waals surface area contributed by atoms with E-state index in [0.29, 0.717) is 18.3 Å². The monoisotopic (exact) mass is 393 g/mol. The molecule has 0 radical (unpaired) electrons. The molecular formula is C25H31NO3. The molecule has 154 valence electrons. The van der Waals surface area contributed by atoms with Gasteiger partial charge in [0.15, 0.2) is 6.29 Å². The van der Waals surface area contributed by atoms with Crippen LogP contribution in [0.2, 0.25) is 0 Å². The number of fused-ring (bicyclic) bond motifs is 1. The minimum Gasteiger partial charge on any atom is -0.384 e. The van der Waals surface area contributed by atoms with Crippen molar-refractivity contribution in [2.45, 2.75) is 51.6 Å². The zero-order chi connectivity index (χ0) is 20.6. The predicted molar refractivity (Wildman–Crippen MR) is 115 cm³/mol. The Kier molecular flexibility index (Phi) is 5.60. The average Bonchev–Trinajstić information content (AvgIpc) is 2.95. The highest BCUT2D eigenvalue weighted by Gasteiger charge is 2.60. The Morgan fingerprint density at radius 2 is 1.90 bits per heavy atom. The van der Waals surface area contributed by atoms with E-state index >= 15 is 0 Å². The number of benzene rings is 1. The smallest absolute Gasteiger partial charge is 0.184 e. The number of nitrogens with zero attached hydrogens (tertiary/aromatic N) is 1. The number of hydrogen-bond acceptors (Lipinski definition) is 4. The Morgan fingerprint density at radius 3 is 2.55 bits per heavy atom. The summed E-state index contributed by atoms with van der Waals surface area (Å²) in [6.07, 6.45) is 6.46. The molecule has 4 rings (SSSR count). The highest BCUT2D eigenvalue weighted by Crippen LogP contribution is 2.53. The van der Waals surface area contributed by atoms with Gasteiger partial charge in [-0.1, -0.05) is 62.7 Å². The van der Waals surface area contributed by atoms with Gasteiger partial charge in [0.05, 0.1) is 11.8 Å². The third-order valence-electron chi connectivity index (χ3n) is 7.00. The summed E-state index contributed by atoms with van der Waals surface area (Å²) >= 11 is 0. The zero-order valence-corrected chi connectivity index (χ0v) is 17.4. The average molecular weight is 394 g/mol. The van der Waals surface area contributed by atoms with E-state index in [2.05, 4.69) is 49.2 Å². The summed E-state index contributed by atoms with van der Waals surface area (Å²) in [7, 11) is 0. The number of allylic oxidation sites excluding steroid dienone is 1. The van der Waals surface area contributed by atoms with Crippen LogP contribution in [0.3, 0.4) is 0 Å². The lowest BCUT2D eigenvalue weighted by atomic mass is 9.58. The minimum absolute atomic E-state index is 0.113. The molecule has 1 aromatic carbocycles. The number of aliphatic hydroxyl groups is 2. The van der Waals surface area contributed by atoms with Crippen LogP contribution in [0, 0.1) is 23.7 Å². The Balaban J connectivity index is 1.59. The summed E-state index contributed by atoms with van der Waals surface area (Å²) in [6, 6.07) is 14.3. The molecule has 1 unspecified atom stereocenters. The molecule has 1 aromatic heterocycles. The maximum atomic E-state index is 11.2. The first kappa shape index (κ1) is 20.3. The molecule has 2 heterocycles. The molecule has 4 nitrogen and oxygen atoms in total. The van der Waals surface area contributed by atoms with E-state index in [4.69, 9.17) is 4.74 Å². The van der Waals surface area contributed by atoms with Gasteiger partial charge in [0, 0.05) is 17.7 Å². The quantitative estimate of drug-likeness (QED) is 0.801. The maximum Gasteiger partial charge on any atom is 0.184 e. The van der Waals surface area contributed by atoms with Crippen molar-refractivity contribution in [2.75, 3.05) is 0 Å². The van der Waals surface area contributed by atoms with Gasteiger partial charge in [0.25, 0.3) is 0 Å². The Labute approximate surface area is 173 Å².